The second-order valence-corrected chi connectivity index (χ2v) is 7.18. The number of hydrogen-bond donors (Lipinski definition) is 2. The van der Waals surface area contributed by atoms with Gasteiger partial charge in [0.25, 0.3) is 5.91 Å². The molecule has 0 aliphatic carbocycles. The smallest absolute Gasteiger partial charge is 0.273 e. The lowest BCUT2D eigenvalue weighted by molar-refractivity contribution is -0.116. The third kappa shape index (κ3) is 3.77. The van der Waals surface area contributed by atoms with Crippen LogP contribution in [0.5, 0.6) is 0 Å². The predicted molar refractivity (Wildman–Crippen MR) is 106 cm³/mol. The van der Waals surface area contributed by atoms with Gasteiger partial charge in [-0.1, -0.05) is 41.0 Å². The molecule has 1 atom stereocenters. The molecule has 0 unspecified atom stereocenters. The monoisotopic (exact) mass is 395 g/mol. The first-order valence-corrected chi connectivity index (χ1v) is 9.33. The molecule has 0 spiro atoms. The van der Waals surface area contributed by atoms with Crippen molar-refractivity contribution in [3.63, 3.8) is 0 Å². The number of nitrogens with zero attached hydrogens (tertiary/aromatic N) is 1. The lowest BCUT2D eigenvalue weighted by Gasteiger charge is -2.20. The topological polar surface area (TPSA) is 84.2 Å². The highest BCUT2D eigenvalue weighted by molar-refractivity contribution is 6.30. The first kappa shape index (κ1) is 18.3. The number of nitrogens with one attached hydrogen (secondary N) is 2. The Labute approximate surface area is 166 Å². The largest absolute Gasteiger partial charge is 0.355 e. The second-order valence-electron chi connectivity index (χ2n) is 6.75. The van der Waals surface area contributed by atoms with E-state index in [-0.39, 0.29) is 23.6 Å². The quantitative estimate of drug-likeness (QED) is 0.687. The van der Waals surface area contributed by atoms with Gasteiger partial charge in [0.2, 0.25) is 5.91 Å². The standard InChI is InChI=1S/C21H18ClN3O3/c1-12(13-5-7-17-14(9-13)6-8-20(26)24-17)23-21(27)18-11-19(28-25-18)15-3-2-4-16(22)10-15/h2-5,7,9-12H,6,8H2,1H3,(H,23,27)(H,24,26)/t12-/m1/s1. The van der Waals surface area contributed by atoms with E-state index in [2.05, 4.69) is 15.8 Å². The Morgan fingerprint density at radius 2 is 2.07 bits per heavy atom. The molecule has 2 N–H and O–H groups in total. The molecule has 142 valence electrons. The predicted octanol–water partition coefficient (Wildman–Crippen LogP) is 4.37. The molecule has 6 nitrogen and oxygen atoms in total. The normalized spacial score (nSPS) is 14.1. The molecule has 2 amide bonds. The summed E-state index contributed by atoms with van der Waals surface area (Å²) >= 11 is 5.99. The lowest BCUT2D eigenvalue weighted by atomic mass is 9.98. The highest BCUT2D eigenvalue weighted by Gasteiger charge is 2.19. The van der Waals surface area contributed by atoms with Gasteiger partial charge in [0, 0.05) is 28.8 Å². The molecular weight excluding hydrogens is 378 g/mol. The summed E-state index contributed by atoms with van der Waals surface area (Å²) < 4.78 is 5.29. The Morgan fingerprint density at radius 1 is 1.21 bits per heavy atom. The highest BCUT2D eigenvalue weighted by atomic mass is 35.5. The Bertz CT molecular complexity index is 1060. The van der Waals surface area contributed by atoms with Crippen LogP contribution < -0.4 is 10.6 Å². The molecule has 4 rings (SSSR count). The molecular formula is C21H18ClN3O3. The minimum absolute atomic E-state index is 0.0307. The number of amides is 2. The SMILES string of the molecule is C[C@@H](NC(=O)c1cc(-c2cccc(Cl)c2)on1)c1ccc2c(c1)CCC(=O)N2. The lowest BCUT2D eigenvalue weighted by Crippen LogP contribution is -2.27. The maximum absolute atomic E-state index is 12.6. The molecule has 2 aromatic carbocycles. The number of benzene rings is 2. The van der Waals surface area contributed by atoms with Crippen LogP contribution in [0.2, 0.25) is 5.02 Å². The fourth-order valence-electron chi connectivity index (χ4n) is 3.19. The summed E-state index contributed by atoms with van der Waals surface area (Å²) in [6.45, 7) is 1.90. The highest BCUT2D eigenvalue weighted by Crippen LogP contribution is 2.27. The van der Waals surface area contributed by atoms with Gasteiger partial charge >= 0.3 is 0 Å². The second kappa shape index (κ2) is 7.48. The Balaban J connectivity index is 1.47. The maximum atomic E-state index is 12.6. The fourth-order valence-corrected chi connectivity index (χ4v) is 3.38. The summed E-state index contributed by atoms with van der Waals surface area (Å²) in [4.78, 5) is 24.0. The van der Waals surface area contributed by atoms with E-state index >= 15 is 0 Å². The summed E-state index contributed by atoms with van der Waals surface area (Å²) in [6, 6.07) is 14.3. The van der Waals surface area contributed by atoms with Crippen molar-refractivity contribution in [2.75, 3.05) is 5.32 Å². The van der Waals surface area contributed by atoms with Crippen molar-refractivity contribution < 1.29 is 14.1 Å². The number of anilines is 1. The minimum Gasteiger partial charge on any atom is -0.355 e. The Kier molecular flexibility index (Phi) is 4.88. The van der Waals surface area contributed by atoms with Gasteiger partial charge in [-0.25, -0.2) is 0 Å². The number of hydrogen-bond acceptors (Lipinski definition) is 4. The van der Waals surface area contributed by atoms with Crippen molar-refractivity contribution in [2.45, 2.75) is 25.8 Å². The van der Waals surface area contributed by atoms with Gasteiger partial charge in [-0.05, 0) is 42.7 Å². The zero-order valence-electron chi connectivity index (χ0n) is 15.2. The number of carbonyl (C=O) groups excluding carboxylic acids is 2. The summed E-state index contributed by atoms with van der Waals surface area (Å²) in [7, 11) is 0. The third-order valence-corrected chi connectivity index (χ3v) is 4.96. The van der Waals surface area contributed by atoms with Gasteiger partial charge in [-0.15, -0.1) is 0 Å². The van der Waals surface area contributed by atoms with E-state index in [9.17, 15) is 9.59 Å². The molecule has 0 saturated carbocycles. The van der Waals surface area contributed by atoms with Crippen LogP contribution in [-0.2, 0) is 11.2 Å². The van der Waals surface area contributed by atoms with Crippen molar-refractivity contribution >= 4 is 29.1 Å². The van der Waals surface area contributed by atoms with Gasteiger partial charge in [0.05, 0.1) is 6.04 Å². The summed E-state index contributed by atoms with van der Waals surface area (Å²) in [5.74, 6) is 0.184. The van der Waals surface area contributed by atoms with Crippen molar-refractivity contribution in [3.05, 3.63) is 70.4 Å². The minimum atomic E-state index is -0.324. The van der Waals surface area contributed by atoms with Crippen LogP contribution in [0.3, 0.4) is 0 Å². The van der Waals surface area contributed by atoms with E-state index in [1.54, 1.807) is 24.3 Å². The Morgan fingerprint density at radius 3 is 2.89 bits per heavy atom. The molecule has 28 heavy (non-hydrogen) atoms. The zero-order valence-corrected chi connectivity index (χ0v) is 15.9. The molecule has 1 aliphatic rings. The van der Waals surface area contributed by atoms with Gasteiger partial charge in [-0.3, -0.25) is 9.59 Å². The maximum Gasteiger partial charge on any atom is 0.273 e. The number of halogens is 1. The summed E-state index contributed by atoms with van der Waals surface area (Å²) in [5, 5.41) is 10.2. The van der Waals surface area contributed by atoms with Crippen molar-refractivity contribution in [1.29, 1.82) is 0 Å². The number of rotatable bonds is 4. The average Bonchev–Trinajstić information content (AvgIpc) is 3.18. The van der Waals surface area contributed by atoms with E-state index in [0.29, 0.717) is 23.6 Å². The number of aromatic nitrogens is 1. The number of aryl methyl sites for hydroxylation is 1. The van der Waals surface area contributed by atoms with Crippen LogP contribution in [0.15, 0.2) is 53.1 Å². The van der Waals surface area contributed by atoms with Gasteiger partial charge in [-0.2, -0.15) is 0 Å². The van der Waals surface area contributed by atoms with Crippen molar-refractivity contribution in [2.24, 2.45) is 0 Å². The molecule has 2 heterocycles. The molecule has 0 saturated heterocycles. The first-order chi connectivity index (χ1) is 13.5. The van der Waals surface area contributed by atoms with Crippen molar-refractivity contribution in [3.8, 4) is 11.3 Å². The van der Waals surface area contributed by atoms with Crippen LogP contribution >= 0.6 is 11.6 Å². The van der Waals surface area contributed by atoms with Gasteiger partial charge < -0.3 is 15.2 Å². The van der Waals surface area contributed by atoms with Gasteiger partial charge in [0.15, 0.2) is 11.5 Å². The first-order valence-electron chi connectivity index (χ1n) is 8.96. The van der Waals surface area contributed by atoms with Crippen LogP contribution in [0.1, 0.15) is 41.0 Å². The van der Waals surface area contributed by atoms with E-state index in [1.807, 2.05) is 31.2 Å². The third-order valence-electron chi connectivity index (χ3n) is 4.72. The summed E-state index contributed by atoms with van der Waals surface area (Å²) in [5.41, 5.74) is 3.82. The Hall–Kier alpha value is -3.12. The zero-order chi connectivity index (χ0) is 19.7. The van der Waals surface area contributed by atoms with Crippen LogP contribution in [0.4, 0.5) is 5.69 Å². The van der Waals surface area contributed by atoms with Crippen LogP contribution in [0.25, 0.3) is 11.3 Å². The molecule has 1 aliphatic heterocycles. The molecule has 3 aromatic rings. The number of carbonyl (C=O) groups is 2. The van der Waals surface area contributed by atoms with Crippen LogP contribution in [-0.4, -0.2) is 17.0 Å². The molecule has 0 bridgehead atoms. The van der Waals surface area contributed by atoms with E-state index < -0.39 is 0 Å². The van der Waals surface area contributed by atoms with Gasteiger partial charge in [0.1, 0.15) is 0 Å². The summed E-state index contributed by atoms with van der Waals surface area (Å²) in [6.07, 6.45) is 1.17. The molecule has 7 heteroatoms. The molecule has 0 fully saturated rings. The molecule has 0 radical (unpaired) electrons. The fraction of sp³-hybridized carbons (Fsp3) is 0.190. The van der Waals surface area contributed by atoms with E-state index in [0.717, 1.165) is 22.4 Å². The van der Waals surface area contributed by atoms with Crippen LogP contribution in [0, 0.1) is 0 Å². The average molecular weight is 396 g/mol. The van der Waals surface area contributed by atoms with E-state index in [4.69, 9.17) is 16.1 Å². The van der Waals surface area contributed by atoms with Crippen molar-refractivity contribution in [1.82, 2.24) is 10.5 Å². The van der Waals surface area contributed by atoms with E-state index in [1.165, 1.54) is 0 Å². The molecule has 1 aromatic heterocycles. The number of fused-ring (bicyclic) bond motifs is 1.